The average Bonchev–Trinajstić information content (AvgIpc) is 3.39. The van der Waals surface area contributed by atoms with Crippen molar-refractivity contribution in [2.75, 3.05) is 19.9 Å². The number of rotatable bonds is 4. The van der Waals surface area contributed by atoms with Gasteiger partial charge in [-0.1, -0.05) is 6.07 Å². The van der Waals surface area contributed by atoms with E-state index >= 15 is 0 Å². The van der Waals surface area contributed by atoms with Crippen molar-refractivity contribution >= 4 is 17.9 Å². The minimum absolute atomic E-state index is 0.151. The highest BCUT2D eigenvalue weighted by molar-refractivity contribution is 6.04. The van der Waals surface area contributed by atoms with E-state index in [9.17, 15) is 9.59 Å². The monoisotopic (exact) mass is 368 g/mol. The van der Waals surface area contributed by atoms with Crippen LogP contribution in [0.25, 0.3) is 6.08 Å². The molecule has 1 aromatic carbocycles. The van der Waals surface area contributed by atoms with Gasteiger partial charge in [0.05, 0.1) is 6.26 Å². The van der Waals surface area contributed by atoms with Crippen LogP contribution < -0.4 is 14.8 Å². The van der Waals surface area contributed by atoms with E-state index in [1.165, 1.54) is 6.26 Å². The van der Waals surface area contributed by atoms with Gasteiger partial charge < -0.3 is 24.1 Å². The molecule has 1 fully saturated rings. The van der Waals surface area contributed by atoms with Crippen molar-refractivity contribution in [3.8, 4) is 11.5 Å². The molecule has 1 saturated heterocycles. The molecule has 1 aromatic heterocycles. The maximum atomic E-state index is 13.0. The second-order valence-corrected chi connectivity index (χ2v) is 6.45. The zero-order valence-corrected chi connectivity index (χ0v) is 14.8. The van der Waals surface area contributed by atoms with Gasteiger partial charge in [0.2, 0.25) is 6.79 Å². The van der Waals surface area contributed by atoms with Crippen molar-refractivity contribution in [3.63, 3.8) is 0 Å². The fourth-order valence-corrected chi connectivity index (χ4v) is 3.18. The molecule has 0 atom stereocenters. The van der Waals surface area contributed by atoms with Gasteiger partial charge in [-0.2, -0.15) is 0 Å². The van der Waals surface area contributed by atoms with E-state index in [1.807, 2.05) is 6.07 Å². The van der Waals surface area contributed by atoms with E-state index in [0.29, 0.717) is 24.6 Å². The quantitative estimate of drug-likeness (QED) is 0.840. The number of benzene rings is 1. The van der Waals surface area contributed by atoms with Crippen LogP contribution in [-0.4, -0.2) is 36.6 Å². The lowest BCUT2D eigenvalue weighted by atomic mass is 10.1. The molecule has 3 heterocycles. The van der Waals surface area contributed by atoms with Gasteiger partial charge >= 0.3 is 0 Å². The number of nitrogens with zero attached hydrogens (tertiary/aromatic N) is 1. The van der Waals surface area contributed by atoms with Gasteiger partial charge in [-0.3, -0.25) is 9.59 Å². The van der Waals surface area contributed by atoms with E-state index in [2.05, 4.69) is 5.32 Å². The summed E-state index contributed by atoms with van der Waals surface area (Å²) in [5, 5.41) is 2.70. The highest BCUT2D eigenvalue weighted by atomic mass is 16.7. The van der Waals surface area contributed by atoms with Crippen LogP contribution in [0.3, 0.4) is 0 Å². The number of amides is 2. The molecule has 0 radical (unpaired) electrons. The summed E-state index contributed by atoms with van der Waals surface area (Å²) in [4.78, 5) is 27.2. The molecular formula is C20H20N2O5. The van der Waals surface area contributed by atoms with Crippen LogP contribution in [0.2, 0.25) is 0 Å². The number of furan rings is 1. The van der Waals surface area contributed by atoms with Crippen LogP contribution in [0.15, 0.2) is 46.7 Å². The molecule has 0 unspecified atom stereocenters. The highest BCUT2D eigenvalue weighted by Crippen LogP contribution is 2.33. The third-order valence-electron chi connectivity index (χ3n) is 4.57. The zero-order valence-electron chi connectivity index (χ0n) is 14.8. The second-order valence-electron chi connectivity index (χ2n) is 6.45. The molecule has 2 aliphatic rings. The second kappa shape index (κ2) is 7.57. The van der Waals surface area contributed by atoms with Crippen molar-refractivity contribution in [1.29, 1.82) is 0 Å². The smallest absolute Gasteiger partial charge is 0.291 e. The molecule has 2 amide bonds. The summed E-state index contributed by atoms with van der Waals surface area (Å²) in [5.41, 5.74) is 0.941. The molecular weight excluding hydrogens is 348 g/mol. The summed E-state index contributed by atoms with van der Waals surface area (Å²) in [6, 6.07) is 8.56. The molecule has 1 N–H and O–H groups in total. The SMILES string of the molecule is O=C(N/C(=C\c1ccc2c(c1)OCO2)C(=O)N1CCCCC1)c1ccco1. The number of fused-ring (bicyclic) bond motifs is 1. The Morgan fingerprint density at radius 1 is 1.04 bits per heavy atom. The van der Waals surface area contributed by atoms with E-state index in [-0.39, 0.29) is 24.2 Å². The van der Waals surface area contributed by atoms with E-state index in [0.717, 1.165) is 24.8 Å². The number of likely N-dealkylation sites (tertiary alicyclic amines) is 1. The van der Waals surface area contributed by atoms with Crippen molar-refractivity contribution in [2.45, 2.75) is 19.3 Å². The Balaban J connectivity index is 1.62. The minimum Gasteiger partial charge on any atom is -0.459 e. The van der Waals surface area contributed by atoms with Crippen molar-refractivity contribution < 1.29 is 23.5 Å². The van der Waals surface area contributed by atoms with Crippen LogP contribution in [0.5, 0.6) is 11.5 Å². The number of nitrogens with one attached hydrogen (secondary N) is 1. The largest absolute Gasteiger partial charge is 0.459 e. The first-order valence-electron chi connectivity index (χ1n) is 8.96. The summed E-state index contributed by atoms with van der Waals surface area (Å²) >= 11 is 0. The Kier molecular flexibility index (Phi) is 4.82. The molecule has 0 aliphatic carbocycles. The third kappa shape index (κ3) is 3.81. The van der Waals surface area contributed by atoms with Gasteiger partial charge in [-0.25, -0.2) is 0 Å². The first-order valence-corrected chi connectivity index (χ1v) is 8.96. The molecule has 7 nitrogen and oxygen atoms in total. The molecule has 4 rings (SSSR count). The molecule has 0 saturated carbocycles. The van der Waals surface area contributed by atoms with Gasteiger partial charge in [-0.05, 0) is 55.2 Å². The van der Waals surface area contributed by atoms with Crippen molar-refractivity contribution in [2.24, 2.45) is 0 Å². The Morgan fingerprint density at radius 2 is 1.85 bits per heavy atom. The van der Waals surface area contributed by atoms with Gasteiger partial charge in [0, 0.05) is 13.1 Å². The fraction of sp³-hybridized carbons (Fsp3) is 0.300. The summed E-state index contributed by atoms with van der Waals surface area (Å²) in [5.74, 6) is 0.768. The average molecular weight is 368 g/mol. The van der Waals surface area contributed by atoms with E-state index in [1.54, 1.807) is 35.2 Å². The number of ether oxygens (including phenoxy) is 2. The Hall–Kier alpha value is -3.22. The number of hydrogen-bond donors (Lipinski definition) is 1. The predicted octanol–water partition coefficient (Wildman–Crippen LogP) is 2.79. The maximum absolute atomic E-state index is 13.0. The molecule has 7 heteroatoms. The van der Waals surface area contributed by atoms with Crippen molar-refractivity contribution in [3.05, 3.63) is 53.6 Å². The lowest BCUT2D eigenvalue weighted by molar-refractivity contribution is -0.128. The lowest BCUT2D eigenvalue weighted by Crippen LogP contribution is -2.41. The first kappa shape index (κ1) is 17.2. The molecule has 2 aliphatic heterocycles. The van der Waals surface area contributed by atoms with Gasteiger partial charge in [0.25, 0.3) is 11.8 Å². The summed E-state index contributed by atoms with van der Waals surface area (Å²) in [6.07, 6.45) is 6.12. The summed E-state index contributed by atoms with van der Waals surface area (Å²) in [7, 11) is 0. The van der Waals surface area contributed by atoms with Gasteiger partial charge in [-0.15, -0.1) is 0 Å². The normalized spacial score (nSPS) is 16.3. The fourth-order valence-electron chi connectivity index (χ4n) is 3.18. The number of hydrogen-bond acceptors (Lipinski definition) is 5. The van der Waals surface area contributed by atoms with E-state index in [4.69, 9.17) is 13.9 Å². The topological polar surface area (TPSA) is 81.0 Å². The lowest BCUT2D eigenvalue weighted by Gasteiger charge is -2.27. The zero-order chi connectivity index (χ0) is 18.6. The first-order chi connectivity index (χ1) is 13.2. The molecule has 140 valence electrons. The number of carbonyl (C=O) groups is 2. The number of piperidine rings is 1. The third-order valence-corrected chi connectivity index (χ3v) is 4.57. The predicted molar refractivity (Wildman–Crippen MR) is 97.1 cm³/mol. The maximum Gasteiger partial charge on any atom is 0.291 e. The highest BCUT2D eigenvalue weighted by Gasteiger charge is 2.23. The van der Waals surface area contributed by atoms with Crippen LogP contribution in [0, 0.1) is 0 Å². The van der Waals surface area contributed by atoms with E-state index < -0.39 is 5.91 Å². The van der Waals surface area contributed by atoms with Crippen LogP contribution in [-0.2, 0) is 4.79 Å². The Labute approximate surface area is 156 Å². The summed E-state index contributed by atoms with van der Waals surface area (Å²) in [6.45, 7) is 1.55. The van der Waals surface area contributed by atoms with Gasteiger partial charge in [0.15, 0.2) is 17.3 Å². The van der Waals surface area contributed by atoms with Crippen LogP contribution >= 0.6 is 0 Å². The molecule has 2 aromatic rings. The van der Waals surface area contributed by atoms with Crippen LogP contribution in [0.4, 0.5) is 0 Å². The Morgan fingerprint density at radius 3 is 2.63 bits per heavy atom. The molecule has 0 spiro atoms. The van der Waals surface area contributed by atoms with Crippen molar-refractivity contribution in [1.82, 2.24) is 10.2 Å². The van der Waals surface area contributed by atoms with Gasteiger partial charge in [0.1, 0.15) is 5.70 Å². The van der Waals surface area contributed by atoms with Crippen LogP contribution in [0.1, 0.15) is 35.4 Å². The summed E-state index contributed by atoms with van der Waals surface area (Å²) < 4.78 is 15.8. The molecule has 27 heavy (non-hydrogen) atoms. The standard InChI is InChI=1S/C20H20N2O5/c23-19(17-5-4-10-25-17)21-15(20(24)22-8-2-1-3-9-22)11-14-6-7-16-18(12-14)27-13-26-16/h4-7,10-12H,1-3,8-9,13H2,(H,21,23)/b15-11-. The number of carbonyl (C=O) groups excluding carboxylic acids is 2. The molecule has 0 bridgehead atoms. The minimum atomic E-state index is -0.461. The Bertz CT molecular complexity index is 867.